The van der Waals surface area contributed by atoms with Gasteiger partial charge in [-0.1, -0.05) is 23.8 Å². The highest BCUT2D eigenvalue weighted by molar-refractivity contribution is 7.19. The minimum atomic E-state index is -0.774. The van der Waals surface area contributed by atoms with Crippen molar-refractivity contribution < 1.29 is 9.13 Å². The molecule has 0 amide bonds. The van der Waals surface area contributed by atoms with E-state index >= 15 is 4.39 Å². The van der Waals surface area contributed by atoms with Gasteiger partial charge in [0.05, 0.1) is 34.8 Å². The number of benzene rings is 1. The highest BCUT2D eigenvalue weighted by atomic mass is 32.1. The third kappa shape index (κ3) is 5.09. The van der Waals surface area contributed by atoms with Crippen molar-refractivity contribution in [3.8, 4) is 17.1 Å². The van der Waals surface area contributed by atoms with E-state index in [1.54, 1.807) is 11.3 Å². The van der Waals surface area contributed by atoms with Gasteiger partial charge in [0.1, 0.15) is 6.17 Å². The topological polar surface area (TPSA) is 49.7 Å². The number of aryl methyl sites for hydroxylation is 1. The standard InChI is InChI=1S/C30H35FN6OS/c1-21-4-2-5-22(16-21)25-6-11-37(33-25)29-18-28(36-12-14-38-15-13-36)30-26(32-29)17-23(39-30)19-34-10-7-27(24(31)20-34)35-8-3-9-35/h2,4-6,11,16-18,24,27H,3,7-10,12-15,19-20H2,1H3. The number of thiophene rings is 1. The fraction of sp³-hybridized carbons (Fsp3) is 0.467. The largest absolute Gasteiger partial charge is 0.378 e. The third-order valence-corrected chi connectivity index (χ3v) is 9.45. The maximum absolute atomic E-state index is 15.1. The average molecular weight is 547 g/mol. The molecule has 6 heterocycles. The lowest BCUT2D eigenvalue weighted by molar-refractivity contribution is 0.00228. The first-order valence-corrected chi connectivity index (χ1v) is 14.9. The van der Waals surface area contributed by atoms with Crippen LogP contribution in [-0.2, 0) is 11.3 Å². The molecule has 0 aliphatic carbocycles. The molecule has 0 spiro atoms. The number of pyridine rings is 1. The van der Waals surface area contributed by atoms with Crippen LogP contribution in [0.15, 0.2) is 48.7 Å². The Morgan fingerprint density at radius 1 is 1.05 bits per heavy atom. The number of fused-ring (bicyclic) bond motifs is 1. The summed E-state index contributed by atoms with van der Waals surface area (Å²) < 4.78 is 23.8. The Balaban J connectivity index is 1.18. The molecule has 0 radical (unpaired) electrons. The van der Waals surface area contributed by atoms with Crippen molar-refractivity contribution >= 4 is 27.2 Å². The summed E-state index contributed by atoms with van der Waals surface area (Å²) in [7, 11) is 0. The quantitative estimate of drug-likeness (QED) is 0.343. The molecule has 7 nitrogen and oxygen atoms in total. The Morgan fingerprint density at radius 2 is 1.92 bits per heavy atom. The highest BCUT2D eigenvalue weighted by Crippen LogP contribution is 2.36. The number of morpholine rings is 1. The van der Waals surface area contributed by atoms with Gasteiger partial charge in [0.25, 0.3) is 0 Å². The number of rotatable bonds is 6. The van der Waals surface area contributed by atoms with E-state index in [0.717, 1.165) is 81.5 Å². The summed E-state index contributed by atoms with van der Waals surface area (Å²) in [5.74, 6) is 0.812. The van der Waals surface area contributed by atoms with E-state index in [2.05, 4.69) is 58.0 Å². The van der Waals surface area contributed by atoms with Gasteiger partial charge in [-0.05, 0) is 51.1 Å². The van der Waals surface area contributed by atoms with Crippen LogP contribution in [0.25, 0.3) is 27.3 Å². The van der Waals surface area contributed by atoms with Crippen LogP contribution in [0.1, 0.15) is 23.3 Å². The minimum absolute atomic E-state index is 0.105. The fourth-order valence-electron chi connectivity index (χ4n) is 6.09. The first kappa shape index (κ1) is 25.1. The number of anilines is 1. The van der Waals surface area contributed by atoms with Gasteiger partial charge in [0, 0.05) is 61.5 Å². The molecule has 204 valence electrons. The normalized spacial score (nSPS) is 22.9. The summed E-state index contributed by atoms with van der Waals surface area (Å²) >= 11 is 1.79. The molecular weight excluding hydrogens is 511 g/mol. The van der Waals surface area contributed by atoms with Gasteiger partial charge in [-0.2, -0.15) is 5.10 Å². The zero-order chi connectivity index (χ0) is 26.3. The van der Waals surface area contributed by atoms with Crippen molar-refractivity contribution in [2.75, 3.05) is 57.4 Å². The highest BCUT2D eigenvalue weighted by Gasteiger charge is 2.35. The summed E-state index contributed by atoms with van der Waals surface area (Å²) in [5, 5.41) is 4.89. The van der Waals surface area contributed by atoms with Gasteiger partial charge >= 0.3 is 0 Å². The number of halogens is 1. The number of hydrogen-bond acceptors (Lipinski definition) is 7. The van der Waals surface area contributed by atoms with Gasteiger partial charge in [0.2, 0.25) is 0 Å². The van der Waals surface area contributed by atoms with Crippen molar-refractivity contribution in [3.63, 3.8) is 0 Å². The summed E-state index contributed by atoms with van der Waals surface area (Å²) in [6, 6.07) is 14.9. The van der Waals surface area contributed by atoms with E-state index in [-0.39, 0.29) is 6.04 Å². The molecule has 3 fully saturated rings. The Labute approximate surface area is 232 Å². The maximum Gasteiger partial charge on any atom is 0.156 e. The molecule has 3 aromatic heterocycles. The number of alkyl halides is 1. The van der Waals surface area contributed by atoms with Crippen molar-refractivity contribution in [1.29, 1.82) is 0 Å². The number of ether oxygens (including phenoxy) is 1. The predicted octanol–water partition coefficient (Wildman–Crippen LogP) is 4.91. The van der Waals surface area contributed by atoms with E-state index in [0.29, 0.717) is 6.54 Å². The molecule has 0 saturated carbocycles. The molecule has 9 heteroatoms. The van der Waals surface area contributed by atoms with E-state index in [9.17, 15) is 0 Å². The second kappa shape index (κ2) is 10.6. The number of likely N-dealkylation sites (tertiary alicyclic amines) is 2. The lowest BCUT2D eigenvalue weighted by Gasteiger charge is -2.44. The van der Waals surface area contributed by atoms with Crippen LogP contribution in [0.5, 0.6) is 0 Å². The summed E-state index contributed by atoms with van der Waals surface area (Å²) in [6.07, 6.45) is 3.34. The number of aromatic nitrogens is 3. The van der Waals surface area contributed by atoms with Crippen LogP contribution >= 0.6 is 11.3 Å². The molecule has 2 atom stereocenters. The molecule has 3 aliphatic heterocycles. The van der Waals surface area contributed by atoms with Crippen molar-refractivity contribution in [2.45, 2.75) is 38.5 Å². The summed E-state index contributed by atoms with van der Waals surface area (Å²) in [5.41, 5.74) is 5.41. The number of nitrogens with zero attached hydrogens (tertiary/aromatic N) is 6. The lowest BCUT2D eigenvalue weighted by Crippen LogP contribution is -2.56. The summed E-state index contributed by atoms with van der Waals surface area (Å²) in [6.45, 7) is 9.59. The molecule has 0 bridgehead atoms. The second-order valence-corrected chi connectivity index (χ2v) is 12.2. The molecular formula is C30H35FN6OS. The smallest absolute Gasteiger partial charge is 0.156 e. The summed E-state index contributed by atoms with van der Waals surface area (Å²) in [4.78, 5) is 13.3. The van der Waals surface area contributed by atoms with Crippen molar-refractivity contribution in [3.05, 3.63) is 59.1 Å². The van der Waals surface area contributed by atoms with Gasteiger partial charge in [-0.15, -0.1) is 11.3 Å². The first-order valence-electron chi connectivity index (χ1n) is 14.1. The van der Waals surface area contributed by atoms with E-state index in [1.807, 2.05) is 16.9 Å². The molecule has 7 rings (SSSR count). The lowest BCUT2D eigenvalue weighted by atomic mass is 9.98. The van der Waals surface area contributed by atoms with Crippen LogP contribution in [0.3, 0.4) is 0 Å². The molecule has 4 aromatic rings. The Bertz CT molecular complexity index is 1460. The Morgan fingerprint density at radius 3 is 2.69 bits per heavy atom. The first-order chi connectivity index (χ1) is 19.1. The van der Waals surface area contributed by atoms with Crippen LogP contribution in [0.2, 0.25) is 0 Å². The van der Waals surface area contributed by atoms with E-state index in [4.69, 9.17) is 14.8 Å². The van der Waals surface area contributed by atoms with Crippen LogP contribution in [0, 0.1) is 6.92 Å². The van der Waals surface area contributed by atoms with Gasteiger partial charge in [0.15, 0.2) is 5.82 Å². The zero-order valence-electron chi connectivity index (χ0n) is 22.4. The van der Waals surface area contributed by atoms with Gasteiger partial charge in [-0.3, -0.25) is 9.80 Å². The number of hydrogen-bond donors (Lipinski definition) is 0. The SMILES string of the molecule is Cc1cccc(-c2ccn(-c3cc(N4CCOCC4)c4sc(CN5CCC(N6CCC6)C(F)C5)cc4n3)n2)c1. The monoisotopic (exact) mass is 546 g/mol. The molecule has 1 aromatic carbocycles. The molecule has 3 aliphatic rings. The zero-order valence-corrected chi connectivity index (χ0v) is 23.2. The molecule has 0 N–H and O–H groups in total. The van der Waals surface area contributed by atoms with E-state index < -0.39 is 6.17 Å². The number of piperidine rings is 1. The Hall–Kier alpha value is -2.85. The second-order valence-electron chi connectivity index (χ2n) is 11.0. The minimum Gasteiger partial charge on any atom is -0.378 e. The molecule has 39 heavy (non-hydrogen) atoms. The predicted molar refractivity (Wildman–Crippen MR) is 155 cm³/mol. The van der Waals surface area contributed by atoms with Crippen LogP contribution in [0.4, 0.5) is 10.1 Å². The van der Waals surface area contributed by atoms with Crippen molar-refractivity contribution in [1.82, 2.24) is 24.6 Å². The molecule has 3 saturated heterocycles. The van der Waals surface area contributed by atoms with Crippen LogP contribution < -0.4 is 4.90 Å². The Kier molecular flexibility index (Phi) is 6.84. The average Bonchev–Trinajstić information content (AvgIpc) is 3.56. The van der Waals surface area contributed by atoms with Crippen LogP contribution in [-0.4, -0.2) is 89.3 Å². The fourth-order valence-corrected chi connectivity index (χ4v) is 7.27. The van der Waals surface area contributed by atoms with E-state index in [1.165, 1.54) is 27.2 Å². The maximum atomic E-state index is 15.1. The van der Waals surface area contributed by atoms with Crippen molar-refractivity contribution in [2.24, 2.45) is 0 Å². The molecule has 2 unspecified atom stereocenters. The van der Waals surface area contributed by atoms with Gasteiger partial charge in [-0.25, -0.2) is 14.1 Å². The third-order valence-electron chi connectivity index (χ3n) is 8.32. The van der Waals surface area contributed by atoms with Gasteiger partial charge < -0.3 is 9.64 Å².